The van der Waals surface area contributed by atoms with Crippen LogP contribution < -0.4 is 15.8 Å². The maximum Gasteiger partial charge on any atom is 0.224 e. The maximum absolute atomic E-state index is 12.0. The highest BCUT2D eigenvalue weighted by Crippen LogP contribution is 2.25. The molecule has 2 aromatic rings. The molecule has 162 valence electrons. The summed E-state index contributed by atoms with van der Waals surface area (Å²) in [6.07, 6.45) is 2.49. The molecule has 0 spiro atoms. The van der Waals surface area contributed by atoms with E-state index in [1.807, 2.05) is 0 Å². The third kappa shape index (κ3) is 8.55. The van der Waals surface area contributed by atoms with Crippen LogP contribution in [0.3, 0.4) is 0 Å². The van der Waals surface area contributed by atoms with Crippen LogP contribution in [0.4, 0.5) is 0 Å². The molecule has 1 aromatic carbocycles. The molecule has 29 heavy (non-hydrogen) atoms. The second-order valence-corrected chi connectivity index (χ2v) is 7.91. The molecule has 3 N–H and O–H groups in total. The minimum Gasteiger partial charge on any atom is -0.439 e. The lowest BCUT2D eigenvalue weighted by atomic mass is 10.2. The van der Waals surface area contributed by atoms with E-state index >= 15 is 0 Å². The molecule has 0 saturated heterocycles. The number of rotatable bonds is 9. The van der Waals surface area contributed by atoms with Gasteiger partial charge in [0.2, 0.25) is 11.8 Å². The van der Waals surface area contributed by atoms with Crippen LogP contribution >= 0.6 is 24.8 Å². The molecule has 8 nitrogen and oxygen atoms in total. The molecule has 0 radical (unpaired) electrons. The van der Waals surface area contributed by atoms with Gasteiger partial charge in [0.25, 0.3) is 0 Å². The second-order valence-electron chi connectivity index (χ2n) is 5.89. The fraction of sp³-hybridized carbons (Fsp3) is 0.333. The fourth-order valence-corrected chi connectivity index (χ4v) is 2.92. The van der Waals surface area contributed by atoms with Crippen LogP contribution in [0.2, 0.25) is 0 Å². The van der Waals surface area contributed by atoms with Gasteiger partial charge in [0, 0.05) is 38.2 Å². The number of benzene rings is 1. The Kier molecular flexibility index (Phi) is 11.8. The lowest BCUT2D eigenvalue weighted by molar-refractivity contribution is -0.123. The number of carbonyl (C=O) groups excluding carboxylic acids is 1. The van der Waals surface area contributed by atoms with Crippen molar-refractivity contribution in [1.29, 1.82) is 0 Å². The van der Waals surface area contributed by atoms with Crippen molar-refractivity contribution in [1.82, 2.24) is 10.3 Å². The molecule has 0 aliphatic rings. The lowest BCUT2D eigenvalue weighted by Crippen LogP contribution is -2.32. The third-order valence-corrected chi connectivity index (χ3v) is 4.89. The number of nitrogens with two attached hydrogens (primary N) is 1. The molecule has 0 aliphatic heterocycles. The summed E-state index contributed by atoms with van der Waals surface area (Å²) in [5, 5.41) is 2.77. The summed E-state index contributed by atoms with van der Waals surface area (Å²) in [5.41, 5.74) is 6.16. The van der Waals surface area contributed by atoms with Crippen molar-refractivity contribution in [2.24, 2.45) is 5.73 Å². The van der Waals surface area contributed by atoms with Crippen molar-refractivity contribution in [3.63, 3.8) is 0 Å². The van der Waals surface area contributed by atoms with Crippen LogP contribution in [-0.4, -0.2) is 45.3 Å². The van der Waals surface area contributed by atoms with Gasteiger partial charge in [-0.2, -0.15) is 0 Å². The first kappa shape index (κ1) is 27.1. The molecular formula is C18H25Cl2N3O5S. The van der Waals surface area contributed by atoms with Gasteiger partial charge in [0.1, 0.15) is 5.75 Å². The number of nitrogens with one attached hydrogen (secondary N) is 1. The first-order valence-corrected chi connectivity index (χ1v) is 10.1. The van der Waals surface area contributed by atoms with Crippen molar-refractivity contribution >= 4 is 40.6 Å². The van der Waals surface area contributed by atoms with E-state index in [0.717, 1.165) is 6.26 Å². The van der Waals surface area contributed by atoms with E-state index < -0.39 is 9.84 Å². The molecule has 1 unspecified atom stereocenters. The van der Waals surface area contributed by atoms with Gasteiger partial charge in [0.15, 0.2) is 9.84 Å². The van der Waals surface area contributed by atoms with Gasteiger partial charge in [-0.15, -0.1) is 24.8 Å². The minimum absolute atomic E-state index is 0. The number of halogens is 2. The molecule has 0 bridgehead atoms. The number of methoxy groups -OCH3 is 1. The van der Waals surface area contributed by atoms with E-state index in [1.165, 1.54) is 19.2 Å². The highest BCUT2D eigenvalue weighted by Gasteiger charge is 2.14. The summed E-state index contributed by atoms with van der Waals surface area (Å²) in [5.74, 6) is 0.415. The Morgan fingerprint density at radius 1 is 1.24 bits per heavy atom. The lowest BCUT2D eigenvalue weighted by Gasteiger charge is -2.14. The molecule has 0 fully saturated rings. The van der Waals surface area contributed by atoms with Gasteiger partial charge in [-0.3, -0.25) is 4.79 Å². The fourth-order valence-electron chi connectivity index (χ4n) is 2.27. The average molecular weight is 466 g/mol. The van der Waals surface area contributed by atoms with Crippen LogP contribution in [-0.2, 0) is 25.9 Å². The predicted molar refractivity (Wildman–Crippen MR) is 115 cm³/mol. The van der Waals surface area contributed by atoms with E-state index in [2.05, 4.69) is 10.3 Å². The number of hydrogen-bond acceptors (Lipinski definition) is 7. The summed E-state index contributed by atoms with van der Waals surface area (Å²) >= 11 is 0. The van der Waals surface area contributed by atoms with Crippen LogP contribution in [0.25, 0.3) is 0 Å². The van der Waals surface area contributed by atoms with Crippen LogP contribution in [0, 0.1) is 0 Å². The number of carbonyl (C=O) groups is 1. The highest BCUT2D eigenvalue weighted by molar-refractivity contribution is 7.90. The van der Waals surface area contributed by atoms with Crippen molar-refractivity contribution in [2.45, 2.75) is 24.0 Å². The number of sulfone groups is 1. The van der Waals surface area contributed by atoms with Crippen molar-refractivity contribution < 1.29 is 22.7 Å². The Morgan fingerprint density at radius 2 is 1.97 bits per heavy atom. The summed E-state index contributed by atoms with van der Waals surface area (Å²) in [6.45, 7) is 0.455. The van der Waals surface area contributed by atoms with Gasteiger partial charge >= 0.3 is 0 Å². The third-order valence-electron chi connectivity index (χ3n) is 3.78. The van der Waals surface area contributed by atoms with Crippen molar-refractivity contribution in [2.75, 3.05) is 19.9 Å². The van der Waals surface area contributed by atoms with Crippen LogP contribution in [0.15, 0.2) is 47.5 Å². The largest absolute Gasteiger partial charge is 0.439 e. The van der Waals surface area contributed by atoms with Gasteiger partial charge in [0.05, 0.1) is 17.4 Å². The summed E-state index contributed by atoms with van der Waals surface area (Å²) in [6, 6.07) is 9.63. The Bertz CT molecular complexity index is 893. The van der Waals surface area contributed by atoms with E-state index in [9.17, 15) is 13.2 Å². The van der Waals surface area contributed by atoms with Gasteiger partial charge in [-0.05, 0) is 24.3 Å². The molecule has 1 amide bonds. The standard InChI is InChI=1S/C18H23N3O5S.2ClH/c1-25-15(11-19)10-17(22)21-12-13-5-4-8-20-18(13)26-14-6-3-7-16(9-14)27(2,23)24;;/h3-9,15H,10-12,19H2,1-2H3,(H,21,22);2*1H. The normalized spacial score (nSPS) is 11.6. The SMILES string of the molecule is COC(CN)CC(=O)NCc1cccnc1Oc1cccc(S(C)(=O)=O)c1.Cl.Cl. The molecule has 2 rings (SSSR count). The Morgan fingerprint density at radius 3 is 2.59 bits per heavy atom. The van der Waals surface area contributed by atoms with E-state index in [4.69, 9.17) is 15.2 Å². The minimum atomic E-state index is -3.35. The predicted octanol–water partition coefficient (Wildman–Crippen LogP) is 2.10. The summed E-state index contributed by atoms with van der Waals surface area (Å²) in [4.78, 5) is 16.3. The topological polar surface area (TPSA) is 121 Å². The number of pyridine rings is 1. The van der Waals surface area contributed by atoms with Crippen LogP contribution in [0.5, 0.6) is 11.6 Å². The summed E-state index contributed by atoms with van der Waals surface area (Å²) in [7, 11) is -1.84. The van der Waals surface area contributed by atoms with Gasteiger partial charge in [-0.25, -0.2) is 13.4 Å². The zero-order chi connectivity index (χ0) is 19.9. The Hall–Kier alpha value is -1.91. The molecule has 1 aromatic heterocycles. The maximum atomic E-state index is 12.0. The molecule has 11 heteroatoms. The second kappa shape index (κ2) is 12.6. The van der Waals surface area contributed by atoms with Gasteiger partial charge in [-0.1, -0.05) is 12.1 Å². The summed E-state index contributed by atoms with van der Waals surface area (Å²) < 4.78 is 34.2. The molecule has 0 saturated carbocycles. The Balaban J connectivity index is 0.00000392. The molecule has 0 aliphatic carbocycles. The monoisotopic (exact) mass is 465 g/mol. The molecular weight excluding hydrogens is 441 g/mol. The zero-order valence-electron chi connectivity index (χ0n) is 16.0. The molecule has 1 atom stereocenters. The van der Waals surface area contributed by atoms with Gasteiger partial charge < -0.3 is 20.5 Å². The Labute approximate surface area is 182 Å². The number of amides is 1. The quantitative estimate of drug-likeness (QED) is 0.581. The van der Waals surface area contributed by atoms with Crippen molar-refractivity contribution in [3.05, 3.63) is 48.2 Å². The van der Waals surface area contributed by atoms with E-state index in [1.54, 1.807) is 30.5 Å². The zero-order valence-corrected chi connectivity index (χ0v) is 18.5. The highest BCUT2D eigenvalue weighted by atomic mass is 35.5. The number of aromatic nitrogens is 1. The molecule has 1 heterocycles. The van der Waals surface area contributed by atoms with Crippen molar-refractivity contribution in [3.8, 4) is 11.6 Å². The van der Waals surface area contributed by atoms with E-state index in [0.29, 0.717) is 11.3 Å². The smallest absolute Gasteiger partial charge is 0.224 e. The average Bonchev–Trinajstić information content (AvgIpc) is 2.65. The first-order chi connectivity index (χ1) is 12.8. The number of nitrogens with zero attached hydrogens (tertiary/aromatic N) is 1. The van der Waals surface area contributed by atoms with E-state index in [-0.39, 0.29) is 67.1 Å². The van der Waals surface area contributed by atoms with Crippen LogP contribution in [0.1, 0.15) is 12.0 Å². The number of ether oxygens (including phenoxy) is 2. The number of hydrogen-bond donors (Lipinski definition) is 2. The first-order valence-electron chi connectivity index (χ1n) is 8.25.